The Labute approximate surface area is 84.2 Å². The molecule has 0 fully saturated rings. The van der Waals surface area contributed by atoms with E-state index in [1.54, 1.807) is 0 Å². The molecule has 0 saturated heterocycles. The van der Waals surface area contributed by atoms with Crippen LogP contribution in [0.4, 0.5) is 0 Å². The van der Waals surface area contributed by atoms with Gasteiger partial charge in [-0.15, -0.1) is 0 Å². The van der Waals surface area contributed by atoms with Gasteiger partial charge in [-0.1, -0.05) is 0 Å². The summed E-state index contributed by atoms with van der Waals surface area (Å²) in [6.07, 6.45) is 0. The maximum absolute atomic E-state index is 10.2. The first kappa shape index (κ1) is 13.1. The molecule has 0 amide bonds. The minimum Gasteiger partial charge on any atom is -0.475 e. The van der Waals surface area contributed by atoms with Gasteiger partial charge in [0.15, 0.2) is 0 Å². The van der Waals surface area contributed by atoms with E-state index >= 15 is 0 Å². The lowest BCUT2D eigenvalue weighted by atomic mass is 10.4. The monoisotopic (exact) mass is 218 g/mol. The molecular formula is C8H10O7. The molecule has 4 N–H and O–H groups in total. The van der Waals surface area contributed by atoms with Crippen molar-refractivity contribution in [2.24, 2.45) is 0 Å². The maximum Gasteiger partial charge on any atom is 0.371 e. The number of rotatable bonds is 3. The molecule has 0 saturated carbocycles. The van der Waals surface area contributed by atoms with Crippen LogP contribution < -0.4 is 0 Å². The molecular weight excluding hydrogens is 208 g/mol. The molecule has 0 radical (unpaired) electrons. The number of furan rings is 1. The van der Waals surface area contributed by atoms with Crippen molar-refractivity contribution >= 4 is 11.9 Å². The van der Waals surface area contributed by atoms with Crippen LogP contribution in [0.25, 0.3) is 0 Å². The summed E-state index contributed by atoms with van der Waals surface area (Å²) < 4.78 is 4.41. The Morgan fingerprint density at radius 1 is 1.00 bits per heavy atom. The second kappa shape index (κ2) is 6.57. The van der Waals surface area contributed by atoms with Crippen LogP contribution in [0.5, 0.6) is 0 Å². The lowest BCUT2D eigenvalue weighted by Gasteiger charge is -1.84. The lowest BCUT2D eigenvalue weighted by Crippen LogP contribution is -1.94. The van der Waals surface area contributed by atoms with Gasteiger partial charge in [0.1, 0.15) is 0 Å². The van der Waals surface area contributed by atoms with E-state index in [9.17, 15) is 9.59 Å². The molecule has 0 aliphatic carbocycles. The standard InChI is InChI=1S/C6H4O5.C2H6O2/c7-5(8)3-1-2-4(11-3)6(9)10;3-1-2-4/h1-2H,(H,7,8)(H,9,10);3-4H,1-2H2. The second-order valence-corrected chi connectivity index (χ2v) is 2.22. The maximum atomic E-state index is 10.2. The minimum absolute atomic E-state index is 0.125. The molecule has 1 rings (SSSR count). The molecule has 0 unspecified atom stereocenters. The van der Waals surface area contributed by atoms with Gasteiger partial charge < -0.3 is 24.8 Å². The zero-order valence-corrected chi connectivity index (χ0v) is 7.58. The Hall–Kier alpha value is -1.86. The molecule has 1 aromatic heterocycles. The van der Waals surface area contributed by atoms with Gasteiger partial charge in [0.05, 0.1) is 13.2 Å². The molecule has 1 heterocycles. The summed E-state index contributed by atoms with van der Waals surface area (Å²) in [4.78, 5) is 20.3. The summed E-state index contributed by atoms with van der Waals surface area (Å²) in [7, 11) is 0. The van der Waals surface area contributed by atoms with E-state index in [0.29, 0.717) is 0 Å². The highest BCUT2D eigenvalue weighted by Gasteiger charge is 2.12. The van der Waals surface area contributed by atoms with Crippen LogP contribution in [-0.4, -0.2) is 45.6 Å². The van der Waals surface area contributed by atoms with Crippen molar-refractivity contribution in [1.82, 2.24) is 0 Å². The highest BCUT2D eigenvalue weighted by Crippen LogP contribution is 2.06. The molecule has 0 aromatic carbocycles. The molecule has 15 heavy (non-hydrogen) atoms. The van der Waals surface area contributed by atoms with E-state index in [2.05, 4.69) is 4.42 Å². The number of aromatic carboxylic acids is 2. The fourth-order valence-electron chi connectivity index (χ4n) is 0.568. The van der Waals surface area contributed by atoms with Crippen molar-refractivity contribution in [2.45, 2.75) is 0 Å². The van der Waals surface area contributed by atoms with E-state index < -0.39 is 11.9 Å². The summed E-state index contributed by atoms with van der Waals surface area (Å²) in [6, 6.07) is 2.18. The van der Waals surface area contributed by atoms with Crippen molar-refractivity contribution in [2.75, 3.05) is 13.2 Å². The third-order valence-corrected chi connectivity index (χ3v) is 1.13. The highest BCUT2D eigenvalue weighted by atomic mass is 16.4. The van der Waals surface area contributed by atoms with E-state index in [1.165, 1.54) is 0 Å². The van der Waals surface area contributed by atoms with Gasteiger partial charge in [0.2, 0.25) is 11.5 Å². The van der Waals surface area contributed by atoms with Crippen LogP contribution in [0.1, 0.15) is 21.1 Å². The van der Waals surface area contributed by atoms with Crippen LogP contribution >= 0.6 is 0 Å². The van der Waals surface area contributed by atoms with Crippen molar-refractivity contribution in [3.05, 3.63) is 23.7 Å². The first-order valence-corrected chi connectivity index (χ1v) is 3.81. The Bertz CT molecular complexity index is 297. The molecule has 84 valence electrons. The van der Waals surface area contributed by atoms with Crippen molar-refractivity contribution < 1.29 is 34.4 Å². The van der Waals surface area contributed by atoms with Gasteiger partial charge in [0, 0.05) is 0 Å². The highest BCUT2D eigenvalue weighted by molar-refractivity contribution is 5.88. The zero-order chi connectivity index (χ0) is 11.8. The molecule has 7 heteroatoms. The molecule has 0 spiro atoms. The number of hydrogen-bond acceptors (Lipinski definition) is 5. The van der Waals surface area contributed by atoms with Gasteiger partial charge in [-0.2, -0.15) is 0 Å². The van der Waals surface area contributed by atoms with Crippen molar-refractivity contribution in [3.8, 4) is 0 Å². The van der Waals surface area contributed by atoms with E-state index in [0.717, 1.165) is 12.1 Å². The van der Waals surface area contributed by atoms with Gasteiger partial charge in [-0.25, -0.2) is 9.59 Å². The third-order valence-electron chi connectivity index (χ3n) is 1.13. The van der Waals surface area contributed by atoms with Gasteiger partial charge in [-0.3, -0.25) is 0 Å². The normalized spacial score (nSPS) is 8.93. The first-order chi connectivity index (χ1) is 7.02. The quantitative estimate of drug-likeness (QED) is 0.545. The third kappa shape index (κ3) is 4.79. The molecule has 7 nitrogen and oxygen atoms in total. The first-order valence-electron chi connectivity index (χ1n) is 3.81. The lowest BCUT2D eigenvalue weighted by molar-refractivity contribution is 0.0631. The number of carboxylic acids is 2. The van der Waals surface area contributed by atoms with Gasteiger partial charge in [-0.05, 0) is 12.1 Å². The summed E-state index contributed by atoms with van der Waals surface area (Å²) in [6.45, 7) is -0.250. The molecule has 0 aliphatic heterocycles. The van der Waals surface area contributed by atoms with E-state index in [1.807, 2.05) is 0 Å². The van der Waals surface area contributed by atoms with Gasteiger partial charge >= 0.3 is 11.9 Å². The average Bonchev–Trinajstić information content (AvgIpc) is 2.67. The SMILES string of the molecule is O=C(O)c1ccc(C(=O)O)o1.OCCO. The smallest absolute Gasteiger partial charge is 0.371 e. The number of hydrogen-bond donors (Lipinski definition) is 4. The zero-order valence-electron chi connectivity index (χ0n) is 7.58. The van der Waals surface area contributed by atoms with Crippen LogP contribution in [0.15, 0.2) is 16.5 Å². The summed E-state index contributed by atoms with van der Waals surface area (Å²) in [5.74, 6) is -3.31. The largest absolute Gasteiger partial charge is 0.475 e. The molecule has 0 atom stereocenters. The van der Waals surface area contributed by atoms with Crippen LogP contribution in [0.3, 0.4) is 0 Å². The minimum atomic E-state index is -1.28. The predicted octanol–water partition coefficient (Wildman–Crippen LogP) is -0.353. The van der Waals surface area contributed by atoms with Crippen LogP contribution in [-0.2, 0) is 0 Å². The Balaban J connectivity index is 0.000000423. The topological polar surface area (TPSA) is 128 Å². The van der Waals surface area contributed by atoms with E-state index in [4.69, 9.17) is 20.4 Å². The fourth-order valence-corrected chi connectivity index (χ4v) is 0.568. The molecule has 0 bridgehead atoms. The number of carboxylic acid groups (broad SMARTS) is 2. The Morgan fingerprint density at radius 2 is 1.33 bits per heavy atom. The predicted molar refractivity (Wildman–Crippen MR) is 46.8 cm³/mol. The fraction of sp³-hybridized carbons (Fsp3) is 0.250. The molecule has 1 aromatic rings. The average molecular weight is 218 g/mol. The van der Waals surface area contributed by atoms with Crippen molar-refractivity contribution in [3.63, 3.8) is 0 Å². The summed E-state index contributed by atoms with van der Waals surface area (Å²) >= 11 is 0. The summed E-state index contributed by atoms with van der Waals surface area (Å²) in [5.41, 5.74) is 0. The second-order valence-electron chi connectivity index (χ2n) is 2.22. The van der Waals surface area contributed by atoms with Crippen LogP contribution in [0.2, 0.25) is 0 Å². The van der Waals surface area contributed by atoms with Crippen LogP contribution in [0, 0.1) is 0 Å². The number of carbonyl (C=O) groups is 2. The Kier molecular flexibility index (Phi) is 5.76. The van der Waals surface area contributed by atoms with Crippen molar-refractivity contribution in [1.29, 1.82) is 0 Å². The number of aliphatic hydroxyl groups excluding tert-OH is 2. The van der Waals surface area contributed by atoms with E-state index in [-0.39, 0.29) is 24.7 Å². The number of aliphatic hydroxyl groups is 2. The summed E-state index contributed by atoms with van der Waals surface area (Å²) in [5, 5.41) is 31.8. The molecule has 0 aliphatic rings. The van der Waals surface area contributed by atoms with Gasteiger partial charge in [0.25, 0.3) is 0 Å². The Morgan fingerprint density at radius 3 is 1.47 bits per heavy atom.